The van der Waals surface area contributed by atoms with Gasteiger partial charge in [-0.05, 0) is 66.6 Å². The number of benzene rings is 3. The van der Waals surface area contributed by atoms with Crippen LogP contribution in [0.4, 0.5) is 30.6 Å². The summed E-state index contributed by atoms with van der Waals surface area (Å²) in [5, 5.41) is 31.8. The molecule has 0 aliphatic heterocycles. The van der Waals surface area contributed by atoms with Gasteiger partial charge in [0.15, 0.2) is 10.7 Å². The average Bonchev–Trinajstić information content (AvgIpc) is 3.03. The van der Waals surface area contributed by atoms with Crippen LogP contribution in [0.2, 0.25) is 5.28 Å². The van der Waals surface area contributed by atoms with Gasteiger partial charge in [-0.2, -0.15) is 4.36 Å². The fourth-order valence-electron chi connectivity index (χ4n) is 4.75. The number of nitro groups is 2. The first-order valence-corrected chi connectivity index (χ1v) is 18.3. The monoisotopic (exact) mass is 756 g/mol. The van der Waals surface area contributed by atoms with E-state index in [1.165, 1.54) is 24.5 Å². The van der Waals surface area contributed by atoms with Gasteiger partial charge < -0.3 is 14.4 Å². The minimum atomic E-state index is -4.84. The molecule has 4 aromatic rings. The van der Waals surface area contributed by atoms with Crippen LogP contribution in [0.5, 0.6) is 5.75 Å². The van der Waals surface area contributed by atoms with E-state index in [0.717, 1.165) is 48.7 Å². The van der Waals surface area contributed by atoms with Gasteiger partial charge in [0.1, 0.15) is 17.3 Å². The highest BCUT2D eigenvalue weighted by atomic mass is 35.5. The third-order valence-corrected chi connectivity index (χ3v) is 10.4. The summed E-state index contributed by atoms with van der Waals surface area (Å²) in [6, 6.07) is 11.0. The molecule has 0 unspecified atom stereocenters. The lowest BCUT2D eigenvalue weighted by Crippen LogP contribution is -2.33. The summed E-state index contributed by atoms with van der Waals surface area (Å²) in [6.07, 6.45) is 0.409. The summed E-state index contributed by atoms with van der Waals surface area (Å²) in [5.41, 5.74) is -2.03. The molecule has 0 fully saturated rings. The molecule has 0 atom stereocenters. The maximum atomic E-state index is 15.4. The van der Waals surface area contributed by atoms with E-state index < -0.39 is 76.2 Å². The molecule has 16 nitrogen and oxygen atoms in total. The Kier molecular flexibility index (Phi) is 11.7. The van der Waals surface area contributed by atoms with E-state index in [0.29, 0.717) is 4.31 Å². The van der Waals surface area contributed by atoms with Crippen molar-refractivity contribution >= 4 is 54.9 Å². The SMILES string of the molecule is C[SH](O)(Cc1cc(OCCCCN(c2cc(-c3nc(Cl)ncc3F)ccc2F)S(=O)(=O)c2ccccc2[N+](=O)[O-])cc([N+](=O)[O-])c1)=NC(=O)O. The minimum absolute atomic E-state index is 0.0156. The van der Waals surface area contributed by atoms with E-state index in [-0.39, 0.29) is 53.1 Å². The summed E-state index contributed by atoms with van der Waals surface area (Å²) >= 11 is 5.81. The largest absolute Gasteiger partial charge is 0.493 e. The summed E-state index contributed by atoms with van der Waals surface area (Å²) in [6.45, 7) is -0.618. The van der Waals surface area contributed by atoms with Crippen molar-refractivity contribution in [3.63, 3.8) is 0 Å². The fourth-order valence-corrected chi connectivity index (χ4v) is 7.86. The number of nitro benzene ring substituents is 2. The zero-order valence-electron chi connectivity index (χ0n) is 25.7. The Labute approximate surface area is 288 Å². The van der Waals surface area contributed by atoms with Crippen LogP contribution >= 0.6 is 11.6 Å². The lowest BCUT2D eigenvalue weighted by molar-refractivity contribution is -0.387. The van der Waals surface area contributed by atoms with Crippen molar-refractivity contribution in [3.8, 4) is 17.0 Å². The second-order valence-electron chi connectivity index (χ2n) is 10.6. The topological polar surface area (TPSA) is 229 Å². The molecular weight excluding hydrogens is 730 g/mol. The van der Waals surface area contributed by atoms with Crippen LogP contribution in [-0.2, 0) is 25.9 Å². The van der Waals surface area contributed by atoms with Crippen LogP contribution in [0.1, 0.15) is 18.4 Å². The Hall–Kier alpha value is -5.18. The van der Waals surface area contributed by atoms with E-state index in [4.69, 9.17) is 21.4 Å². The highest BCUT2D eigenvalue weighted by Crippen LogP contribution is 2.35. The molecule has 0 aliphatic carbocycles. The molecule has 50 heavy (non-hydrogen) atoms. The molecule has 266 valence electrons. The van der Waals surface area contributed by atoms with Crippen LogP contribution in [0.25, 0.3) is 11.3 Å². The highest BCUT2D eigenvalue weighted by molar-refractivity contribution is 7.98. The molecule has 1 aromatic heterocycles. The number of carbonyl (C=O) groups is 1. The Balaban J connectivity index is 1.63. The Morgan fingerprint density at radius 1 is 1.06 bits per heavy atom. The van der Waals surface area contributed by atoms with Crippen LogP contribution in [-0.4, -0.2) is 63.4 Å². The summed E-state index contributed by atoms with van der Waals surface area (Å²) < 4.78 is 77.8. The molecule has 0 bridgehead atoms. The zero-order valence-corrected chi connectivity index (χ0v) is 28.2. The number of ether oxygens (including phenoxy) is 1. The summed E-state index contributed by atoms with van der Waals surface area (Å²) in [4.78, 5) is 39.1. The van der Waals surface area contributed by atoms with Gasteiger partial charge in [-0.15, -0.1) is 0 Å². The van der Waals surface area contributed by atoms with Crippen molar-refractivity contribution in [2.24, 2.45) is 4.36 Å². The second kappa shape index (κ2) is 15.6. The molecule has 0 saturated carbocycles. The molecule has 0 spiro atoms. The number of carboxylic acid groups (broad SMARTS) is 1. The standard InChI is InChI=1S/C29H27ClF2N6O10S2/c1-49(45,35-29(39)40)17-18-12-20(37(41)42)15-21(13-18)48-11-5-4-10-36(50(46,47)26-7-3-2-6-24(26)38(43)44)25-14-19(8-9-22(25)31)27-23(32)16-33-28(30)34-27/h2-3,6-9,12-16,49H,4-5,10-11,17H2,1H3,(H,35,45)(H,39,40). The van der Waals surface area contributed by atoms with Gasteiger partial charge in [0.2, 0.25) is 5.28 Å². The van der Waals surface area contributed by atoms with Gasteiger partial charge in [0, 0.05) is 30.0 Å². The normalized spacial score (nSPS) is 11.9. The second-order valence-corrected chi connectivity index (χ2v) is 15.4. The first-order chi connectivity index (χ1) is 23.5. The predicted molar refractivity (Wildman–Crippen MR) is 179 cm³/mol. The number of thiol groups is 1. The highest BCUT2D eigenvalue weighted by Gasteiger charge is 2.33. The van der Waals surface area contributed by atoms with Crippen molar-refractivity contribution in [2.45, 2.75) is 23.5 Å². The number of halogens is 3. The van der Waals surface area contributed by atoms with Gasteiger partial charge in [-0.3, -0.25) is 24.5 Å². The van der Waals surface area contributed by atoms with Crippen molar-refractivity contribution < 1.29 is 46.2 Å². The lowest BCUT2D eigenvalue weighted by Gasteiger charge is -2.25. The number of nitrogens with zero attached hydrogens (tertiary/aromatic N) is 6. The smallest absolute Gasteiger partial charge is 0.437 e. The Bertz CT molecular complexity index is 2140. The number of sulfonamides is 1. The van der Waals surface area contributed by atoms with E-state index in [9.17, 15) is 42.4 Å². The van der Waals surface area contributed by atoms with Crippen molar-refractivity contribution in [1.82, 2.24) is 9.97 Å². The number of unbranched alkanes of at least 4 members (excludes halogenated alkanes) is 1. The predicted octanol–water partition coefficient (Wildman–Crippen LogP) is 6.30. The van der Waals surface area contributed by atoms with Gasteiger partial charge in [-0.1, -0.05) is 22.2 Å². The lowest BCUT2D eigenvalue weighted by atomic mass is 10.1. The molecule has 2 N–H and O–H groups in total. The third kappa shape index (κ3) is 9.28. The molecule has 21 heteroatoms. The van der Waals surface area contributed by atoms with Crippen molar-refractivity contribution in [2.75, 3.05) is 23.7 Å². The Morgan fingerprint density at radius 2 is 1.78 bits per heavy atom. The summed E-state index contributed by atoms with van der Waals surface area (Å²) in [5.74, 6) is -2.32. The van der Waals surface area contributed by atoms with E-state index in [2.05, 4.69) is 14.3 Å². The number of amides is 1. The Morgan fingerprint density at radius 3 is 2.46 bits per heavy atom. The van der Waals surface area contributed by atoms with Crippen LogP contribution in [0.3, 0.4) is 0 Å². The molecule has 1 amide bonds. The van der Waals surface area contributed by atoms with Crippen LogP contribution < -0.4 is 9.04 Å². The number of non-ortho nitro benzene ring substituents is 1. The quantitative estimate of drug-likeness (QED) is 0.0423. The fraction of sp³-hybridized carbons (Fsp3) is 0.207. The van der Waals surface area contributed by atoms with Gasteiger partial charge in [-0.25, -0.2) is 32.0 Å². The number of rotatable bonds is 14. The summed E-state index contributed by atoms with van der Waals surface area (Å²) in [7, 11) is -8.22. The molecule has 1 heterocycles. The van der Waals surface area contributed by atoms with Crippen LogP contribution in [0, 0.1) is 31.9 Å². The number of aromatic nitrogens is 2. The maximum absolute atomic E-state index is 15.4. The van der Waals surface area contributed by atoms with Crippen molar-refractivity contribution in [1.29, 1.82) is 0 Å². The molecular formula is C29H27ClF2N6O10S2. The van der Waals surface area contributed by atoms with Crippen molar-refractivity contribution in [3.05, 3.63) is 110 Å². The first kappa shape index (κ1) is 37.6. The van der Waals surface area contributed by atoms with E-state index >= 15 is 4.39 Å². The number of hydrogen-bond acceptors (Lipinski definition) is 10. The van der Waals surface area contributed by atoms with Gasteiger partial charge in [0.25, 0.3) is 21.4 Å². The number of anilines is 1. The molecule has 0 aliphatic rings. The van der Waals surface area contributed by atoms with E-state index in [1.807, 2.05) is 0 Å². The van der Waals surface area contributed by atoms with Gasteiger partial charge >= 0.3 is 6.09 Å². The molecule has 3 aromatic carbocycles. The van der Waals surface area contributed by atoms with E-state index in [1.54, 1.807) is 0 Å². The zero-order chi connectivity index (χ0) is 36.8. The minimum Gasteiger partial charge on any atom is -0.493 e. The number of hydrogen-bond donors (Lipinski definition) is 3. The maximum Gasteiger partial charge on any atom is 0.437 e. The number of para-hydroxylation sites is 1. The molecule has 0 radical (unpaired) electrons. The molecule has 0 saturated heterocycles. The third-order valence-electron chi connectivity index (χ3n) is 6.80. The molecule has 4 rings (SSSR count). The van der Waals surface area contributed by atoms with Gasteiger partial charge in [0.05, 0.1) is 34.4 Å². The average molecular weight is 757 g/mol. The first-order valence-electron chi connectivity index (χ1n) is 14.2. The van der Waals surface area contributed by atoms with Crippen LogP contribution in [0.15, 0.2) is 76.1 Å².